The second kappa shape index (κ2) is 8.44. The quantitative estimate of drug-likeness (QED) is 0.278. The summed E-state index contributed by atoms with van der Waals surface area (Å²) >= 11 is 14.3. The predicted octanol–water partition coefficient (Wildman–Crippen LogP) is 5.67. The number of rotatable bonds is 6. The monoisotopic (exact) mass is 448 g/mol. The Morgan fingerprint density at radius 2 is 2.00 bits per heavy atom. The standard InChI is InChI=1S/C18H13ClN4O2S3/c1-24-14-5-3-2-4-13(14)16-20-15(25-22-16)10-27-17-21-23(18(26)28-17)12-8-6-11(19)7-9-12/h2-9H,10H2,1H3. The van der Waals surface area contributed by atoms with E-state index in [0.717, 1.165) is 15.6 Å². The number of hydrogen-bond acceptors (Lipinski definition) is 8. The van der Waals surface area contributed by atoms with E-state index in [1.54, 1.807) is 11.8 Å². The number of methoxy groups -OCH3 is 1. The second-order valence-electron chi connectivity index (χ2n) is 5.52. The van der Waals surface area contributed by atoms with E-state index in [1.807, 2.05) is 48.5 Å². The normalized spacial score (nSPS) is 10.9. The zero-order valence-corrected chi connectivity index (χ0v) is 17.7. The summed E-state index contributed by atoms with van der Waals surface area (Å²) in [4.78, 5) is 4.45. The van der Waals surface area contributed by atoms with Crippen LogP contribution in [0.2, 0.25) is 5.02 Å². The van der Waals surface area contributed by atoms with E-state index < -0.39 is 0 Å². The highest BCUT2D eigenvalue weighted by molar-refractivity contribution is 8.00. The van der Waals surface area contributed by atoms with Crippen LogP contribution in [0.4, 0.5) is 0 Å². The Morgan fingerprint density at radius 3 is 2.79 bits per heavy atom. The van der Waals surface area contributed by atoms with Crippen LogP contribution in [0.25, 0.3) is 17.1 Å². The van der Waals surface area contributed by atoms with Gasteiger partial charge in [-0.15, -0.1) is 5.10 Å². The van der Waals surface area contributed by atoms with Crippen molar-refractivity contribution < 1.29 is 9.26 Å². The lowest BCUT2D eigenvalue weighted by molar-refractivity contribution is 0.390. The van der Waals surface area contributed by atoms with Gasteiger partial charge in [-0.1, -0.05) is 52.0 Å². The number of hydrogen-bond donors (Lipinski definition) is 0. The first-order valence-corrected chi connectivity index (χ1v) is 10.7. The van der Waals surface area contributed by atoms with Gasteiger partial charge in [-0.3, -0.25) is 0 Å². The molecule has 2 aromatic heterocycles. The van der Waals surface area contributed by atoms with Crippen LogP contribution < -0.4 is 4.74 Å². The molecule has 0 aliphatic heterocycles. The Hall–Kier alpha value is -2.20. The third kappa shape index (κ3) is 4.12. The minimum atomic E-state index is 0.491. The van der Waals surface area contributed by atoms with Crippen molar-refractivity contribution in [2.24, 2.45) is 0 Å². The number of halogens is 1. The van der Waals surface area contributed by atoms with Crippen molar-refractivity contribution in [3.05, 3.63) is 63.4 Å². The highest BCUT2D eigenvalue weighted by atomic mass is 35.5. The van der Waals surface area contributed by atoms with E-state index in [1.165, 1.54) is 23.1 Å². The lowest BCUT2D eigenvalue weighted by Crippen LogP contribution is -1.95. The SMILES string of the molecule is COc1ccccc1-c1noc(CSc2nn(-c3ccc(Cl)cc3)c(=S)s2)n1. The molecular formula is C18H13ClN4O2S3. The van der Waals surface area contributed by atoms with Crippen molar-refractivity contribution in [3.63, 3.8) is 0 Å². The van der Waals surface area contributed by atoms with Gasteiger partial charge in [-0.05, 0) is 48.6 Å². The molecule has 0 unspecified atom stereocenters. The topological polar surface area (TPSA) is 66.0 Å². The molecule has 28 heavy (non-hydrogen) atoms. The van der Waals surface area contributed by atoms with E-state index >= 15 is 0 Å². The van der Waals surface area contributed by atoms with Crippen molar-refractivity contribution in [2.75, 3.05) is 7.11 Å². The minimum Gasteiger partial charge on any atom is -0.496 e. The lowest BCUT2D eigenvalue weighted by Gasteiger charge is -2.02. The third-order valence-corrected chi connectivity index (χ3v) is 6.34. The first kappa shape index (κ1) is 19.1. The molecular weight excluding hydrogens is 436 g/mol. The molecule has 4 aromatic rings. The Balaban J connectivity index is 1.49. The lowest BCUT2D eigenvalue weighted by atomic mass is 10.2. The molecule has 2 aromatic carbocycles. The Bertz CT molecular complexity index is 1150. The first-order valence-electron chi connectivity index (χ1n) is 8.09. The molecule has 0 aliphatic carbocycles. The number of thioether (sulfide) groups is 1. The average molecular weight is 449 g/mol. The van der Waals surface area contributed by atoms with Crippen LogP contribution in [-0.4, -0.2) is 27.0 Å². The molecule has 0 amide bonds. The van der Waals surface area contributed by atoms with Crippen LogP contribution in [0.1, 0.15) is 5.89 Å². The molecule has 0 atom stereocenters. The van der Waals surface area contributed by atoms with Gasteiger partial charge >= 0.3 is 0 Å². The number of para-hydroxylation sites is 1. The molecule has 0 N–H and O–H groups in total. The van der Waals surface area contributed by atoms with Gasteiger partial charge < -0.3 is 9.26 Å². The van der Waals surface area contributed by atoms with Crippen molar-refractivity contribution in [1.29, 1.82) is 0 Å². The van der Waals surface area contributed by atoms with E-state index in [0.29, 0.717) is 32.2 Å². The van der Waals surface area contributed by atoms with E-state index in [-0.39, 0.29) is 0 Å². The van der Waals surface area contributed by atoms with E-state index in [4.69, 9.17) is 33.1 Å². The highest BCUT2D eigenvalue weighted by Gasteiger charge is 2.14. The number of aromatic nitrogens is 4. The average Bonchev–Trinajstić information content (AvgIpc) is 3.33. The zero-order chi connectivity index (χ0) is 19.5. The smallest absolute Gasteiger partial charge is 0.237 e. The molecule has 0 saturated heterocycles. The molecule has 0 spiro atoms. The highest BCUT2D eigenvalue weighted by Crippen LogP contribution is 2.30. The molecule has 142 valence electrons. The van der Waals surface area contributed by atoms with Gasteiger partial charge in [0.15, 0.2) is 8.29 Å². The molecule has 0 radical (unpaired) electrons. The largest absolute Gasteiger partial charge is 0.496 e. The van der Waals surface area contributed by atoms with Gasteiger partial charge in [0.1, 0.15) is 5.75 Å². The fraction of sp³-hybridized carbons (Fsp3) is 0.111. The predicted molar refractivity (Wildman–Crippen MR) is 113 cm³/mol. The van der Waals surface area contributed by atoms with E-state index in [9.17, 15) is 0 Å². The van der Waals surface area contributed by atoms with Crippen LogP contribution in [-0.2, 0) is 5.75 Å². The summed E-state index contributed by atoms with van der Waals surface area (Å²) in [5.74, 6) is 2.19. The van der Waals surface area contributed by atoms with Gasteiger partial charge in [0, 0.05) is 5.02 Å². The Kier molecular flexibility index (Phi) is 5.77. The van der Waals surface area contributed by atoms with Crippen LogP contribution in [0.3, 0.4) is 0 Å². The summed E-state index contributed by atoms with van der Waals surface area (Å²) in [5, 5.41) is 9.28. The summed E-state index contributed by atoms with van der Waals surface area (Å²) < 4.78 is 13.9. The molecule has 0 fully saturated rings. The van der Waals surface area contributed by atoms with Gasteiger partial charge in [0.2, 0.25) is 11.7 Å². The molecule has 10 heteroatoms. The Labute approximate surface area is 179 Å². The third-order valence-electron chi connectivity index (χ3n) is 3.74. The van der Waals surface area contributed by atoms with Crippen LogP contribution in [0.5, 0.6) is 5.75 Å². The second-order valence-corrected chi connectivity index (χ2v) is 8.80. The minimum absolute atomic E-state index is 0.491. The Morgan fingerprint density at radius 1 is 1.21 bits per heavy atom. The summed E-state index contributed by atoms with van der Waals surface area (Å²) in [6, 6.07) is 14.9. The fourth-order valence-electron chi connectivity index (χ4n) is 2.44. The summed E-state index contributed by atoms with van der Waals surface area (Å²) in [6.07, 6.45) is 0. The first-order chi connectivity index (χ1) is 13.6. The maximum atomic E-state index is 5.94. The molecule has 2 heterocycles. The molecule has 4 rings (SSSR count). The van der Waals surface area contributed by atoms with Crippen LogP contribution in [0.15, 0.2) is 57.4 Å². The summed E-state index contributed by atoms with van der Waals surface area (Å²) in [5.41, 5.74) is 1.65. The molecule has 0 saturated carbocycles. The summed E-state index contributed by atoms with van der Waals surface area (Å²) in [7, 11) is 1.61. The number of benzene rings is 2. The van der Waals surface area contributed by atoms with Crippen LogP contribution >= 0.6 is 46.9 Å². The van der Waals surface area contributed by atoms with Crippen molar-refractivity contribution in [2.45, 2.75) is 10.1 Å². The zero-order valence-electron chi connectivity index (χ0n) is 14.5. The van der Waals surface area contributed by atoms with Crippen molar-refractivity contribution >= 4 is 46.9 Å². The van der Waals surface area contributed by atoms with Gasteiger partial charge in [0.25, 0.3) is 0 Å². The number of ether oxygens (including phenoxy) is 1. The molecule has 0 aliphatic rings. The van der Waals surface area contributed by atoms with E-state index in [2.05, 4.69) is 15.2 Å². The van der Waals surface area contributed by atoms with Gasteiger partial charge in [-0.2, -0.15) is 4.98 Å². The van der Waals surface area contributed by atoms with Gasteiger partial charge in [-0.25, -0.2) is 4.68 Å². The molecule has 0 bridgehead atoms. The van der Waals surface area contributed by atoms with Gasteiger partial charge in [0.05, 0.1) is 24.1 Å². The summed E-state index contributed by atoms with van der Waals surface area (Å²) in [6.45, 7) is 0. The molecule has 6 nitrogen and oxygen atoms in total. The van der Waals surface area contributed by atoms with Crippen molar-refractivity contribution in [3.8, 4) is 22.8 Å². The van der Waals surface area contributed by atoms with Crippen LogP contribution in [0, 0.1) is 3.95 Å². The van der Waals surface area contributed by atoms with Crippen molar-refractivity contribution in [1.82, 2.24) is 19.9 Å². The maximum absolute atomic E-state index is 5.94. The number of nitrogens with zero attached hydrogens (tertiary/aromatic N) is 4. The fourth-order valence-corrected chi connectivity index (χ4v) is 4.77. The maximum Gasteiger partial charge on any atom is 0.237 e.